The van der Waals surface area contributed by atoms with Gasteiger partial charge < -0.3 is 25.6 Å². The van der Waals surface area contributed by atoms with Crippen molar-refractivity contribution in [3.05, 3.63) is 69.2 Å². The van der Waals surface area contributed by atoms with Gasteiger partial charge in [0.2, 0.25) is 5.91 Å². The number of amides is 2. The van der Waals surface area contributed by atoms with E-state index < -0.39 is 35.2 Å². The van der Waals surface area contributed by atoms with Gasteiger partial charge in [-0.15, -0.1) is 0 Å². The fourth-order valence-corrected chi connectivity index (χ4v) is 6.01. The maximum Gasteiger partial charge on any atom is 0.333 e. The molecule has 45 heavy (non-hydrogen) atoms. The van der Waals surface area contributed by atoms with E-state index in [2.05, 4.69) is 10.4 Å². The number of halogens is 5. The van der Waals surface area contributed by atoms with Gasteiger partial charge in [-0.1, -0.05) is 23.2 Å². The Bertz CT molecular complexity index is 1860. The molecule has 2 aromatic heterocycles. The molecule has 2 amide bonds. The highest BCUT2D eigenvalue weighted by Crippen LogP contribution is 2.50. The minimum atomic E-state index is -2.89. The predicted molar refractivity (Wildman–Crippen MR) is 158 cm³/mol. The zero-order chi connectivity index (χ0) is 32.4. The zero-order valence-electron chi connectivity index (χ0n) is 23.8. The Kier molecular flexibility index (Phi) is 7.61. The molecular weight excluding hydrogens is 638 g/mol. The number of methoxy groups -OCH3 is 1. The van der Waals surface area contributed by atoms with Crippen molar-refractivity contribution in [2.24, 2.45) is 11.7 Å². The number of rotatable bonds is 9. The van der Waals surface area contributed by atoms with Crippen molar-refractivity contribution >= 4 is 45.9 Å². The first kappa shape index (κ1) is 30.9. The maximum absolute atomic E-state index is 14.3. The molecule has 1 fully saturated rings. The minimum absolute atomic E-state index is 0.0826. The lowest BCUT2D eigenvalue weighted by molar-refractivity contribution is -0.123. The van der Waals surface area contributed by atoms with Crippen molar-refractivity contribution in [1.29, 1.82) is 0 Å². The molecule has 236 valence electrons. The molecule has 1 saturated carbocycles. The molecule has 1 aliphatic carbocycles. The van der Waals surface area contributed by atoms with Gasteiger partial charge >= 0.3 is 6.55 Å². The Hall–Kier alpha value is -4.07. The van der Waals surface area contributed by atoms with Gasteiger partial charge in [-0.25, -0.2) is 14.1 Å². The van der Waals surface area contributed by atoms with Crippen LogP contribution in [0, 0.1) is 11.7 Å². The lowest BCUT2D eigenvalue weighted by Gasteiger charge is -2.30. The summed E-state index contributed by atoms with van der Waals surface area (Å²) < 4.78 is 52.4. The molecule has 1 unspecified atom stereocenters. The number of aliphatic hydroxyl groups is 1. The van der Waals surface area contributed by atoms with E-state index >= 15 is 0 Å². The fourth-order valence-electron chi connectivity index (χ4n) is 5.53. The Morgan fingerprint density at radius 1 is 1.24 bits per heavy atom. The van der Waals surface area contributed by atoms with Gasteiger partial charge in [0.05, 0.1) is 29.4 Å². The number of carbonyl (C=O) groups excluding carboxylic acids is 2. The van der Waals surface area contributed by atoms with E-state index in [4.69, 9.17) is 43.4 Å². The van der Waals surface area contributed by atoms with E-state index in [1.807, 2.05) is 0 Å². The second kappa shape index (κ2) is 11.1. The van der Waals surface area contributed by atoms with Gasteiger partial charge in [-0.3, -0.25) is 9.59 Å². The number of fused-ring (bicyclic) bond motifs is 2. The Morgan fingerprint density at radius 2 is 1.93 bits per heavy atom. The second-order valence-corrected chi connectivity index (χ2v) is 12.2. The molecule has 1 aliphatic heterocycles. The highest BCUT2D eigenvalue weighted by Gasteiger charge is 2.50. The second-order valence-electron chi connectivity index (χ2n) is 11.4. The number of primary amides is 1. The van der Waals surface area contributed by atoms with Crippen molar-refractivity contribution in [3.63, 3.8) is 0 Å². The Morgan fingerprint density at radius 3 is 2.53 bits per heavy atom. The number of nitrogens with zero attached hydrogens (tertiary/aromatic N) is 3. The van der Waals surface area contributed by atoms with Crippen LogP contribution in [0.25, 0.3) is 22.2 Å². The van der Waals surface area contributed by atoms with Gasteiger partial charge in [-0.2, -0.15) is 13.9 Å². The van der Waals surface area contributed by atoms with Gasteiger partial charge in [0, 0.05) is 28.3 Å². The normalized spacial score (nSPS) is 18.9. The molecule has 0 bridgehead atoms. The van der Waals surface area contributed by atoms with Gasteiger partial charge in [0.25, 0.3) is 5.91 Å². The Labute approximate surface area is 264 Å². The molecule has 0 saturated heterocycles. The fraction of sp³-hybridized carbons (Fsp3) is 0.333. The summed E-state index contributed by atoms with van der Waals surface area (Å²) in [4.78, 5) is 30.7. The summed E-state index contributed by atoms with van der Waals surface area (Å²) in [6.45, 7) is -1.71. The quantitative estimate of drug-likeness (QED) is 0.211. The van der Waals surface area contributed by atoms with Crippen LogP contribution in [0.4, 0.5) is 13.2 Å². The number of carbonyl (C=O) groups is 2. The lowest BCUT2D eigenvalue weighted by atomic mass is 9.81. The van der Waals surface area contributed by atoms with Crippen LogP contribution in [0.2, 0.25) is 10.0 Å². The molecule has 2 atom stereocenters. The van der Waals surface area contributed by atoms with Crippen LogP contribution in [0.1, 0.15) is 47.9 Å². The van der Waals surface area contributed by atoms with E-state index in [0.717, 1.165) is 6.20 Å². The summed E-state index contributed by atoms with van der Waals surface area (Å²) in [5.74, 6) is -2.14. The number of nitrogens with one attached hydrogen (secondary N) is 1. The van der Waals surface area contributed by atoms with Crippen LogP contribution in [0.5, 0.6) is 11.5 Å². The molecule has 0 radical (unpaired) electrons. The number of hydrogen-bond donors (Lipinski definition) is 3. The van der Waals surface area contributed by atoms with Crippen molar-refractivity contribution in [1.82, 2.24) is 20.1 Å². The molecule has 4 aromatic rings. The molecule has 2 aromatic carbocycles. The van der Waals surface area contributed by atoms with Crippen LogP contribution in [-0.2, 0) is 15.8 Å². The number of benzene rings is 2. The van der Waals surface area contributed by atoms with E-state index in [-0.39, 0.29) is 74.0 Å². The van der Waals surface area contributed by atoms with E-state index in [1.54, 1.807) is 6.92 Å². The minimum Gasteiger partial charge on any atom is -0.494 e. The molecule has 3 heterocycles. The Balaban J connectivity index is 1.40. The van der Waals surface area contributed by atoms with Gasteiger partial charge in [0.15, 0.2) is 5.82 Å². The molecule has 2 aliphatic rings. The molecular formula is C30H26Cl2F3N5O5. The number of pyridine rings is 1. The van der Waals surface area contributed by atoms with Gasteiger partial charge in [0.1, 0.15) is 40.3 Å². The molecule has 6 rings (SSSR count). The van der Waals surface area contributed by atoms with Crippen LogP contribution < -0.4 is 20.5 Å². The maximum atomic E-state index is 14.3. The highest BCUT2D eigenvalue weighted by atomic mass is 35.5. The number of ether oxygens (including phenoxy) is 2. The van der Waals surface area contributed by atoms with Crippen LogP contribution in [0.15, 0.2) is 36.5 Å². The van der Waals surface area contributed by atoms with Crippen molar-refractivity contribution < 1.29 is 37.3 Å². The lowest BCUT2D eigenvalue weighted by Crippen LogP contribution is -2.44. The smallest absolute Gasteiger partial charge is 0.333 e. The van der Waals surface area contributed by atoms with E-state index in [1.165, 1.54) is 37.4 Å². The summed E-state index contributed by atoms with van der Waals surface area (Å²) in [5.41, 5.74) is 3.85. The zero-order valence-corrected chi connectivity index (χ0v) is 25.3. The number of aromatic nitrogens is 3. The first-order chi connectivity index (χ1) is 21.3. The summed E-state index contributed by atoms with van der Waals surface area (Å²) in [5, 5.41) is 18.4. The van der Waals surface area contributed by atoms with Crippen molar-refractivity contribution in [2.45, 2.75) is 37.3 Å². The monoisotopic (exact) mass is 663 g/mol. The molecule has 10 nitrogen and oxygen atoms in total. The van der Waals surface area contributed by atoms with Gasteiger partial charge in [-0.05, 0) is 56.0 Å². The van der Waals surface area contributed by atoms with E-state index in [0.29, 0.717) is 23.1 Å². The predicted octanol–water partition coefficient (Wildman–Crippen LogP) is 5.11. The SMILES string of the molecule is COc1cc(C(=O)NCC(O)(c2cc3c(c(-c4cc(Cl)c(F)c(Cl)c4)n2)OC[C@]3(C)C(N)=O)C2CC2)cc2cn(C(F)F)nc12. The van der Waals surface area contributed by atoms with Crippen LogP contribution >= 0.6 is 23.2 Å². The van der Waals surface area contributed by atoms with Crippen LogP contribution in [-0.4, -0.2) is 51.9 Å². The van der Waals surface area contributed by atoms with Crippen molar-refractivity contribution in [3.8, 4) is 22.8 Å². The molecule has 0 spiro atoms. The standard InChI is InChI=1S/C30H26Cl2F3N5O5/c1-29(27(36)42)12-45-25-17(29)9-21(38-24(25)13-6-18(31)22(33)19(32)7-13)30(43,16-3-4-16)11-37-26(41)14-5-15-10-40(28(34)35)39-23(15)20(8-14)44-2/h5-10,16,28,43H,3-4,11-12H2,1-2H3,(H2,36,42)(H,37,41)/t29-,30?/m0/s1. The van der Waals surface area contributed by atoms with Crippen molar-refractivity contribution in [2.75, 3.05) is 20.3 Å². The topological polar surface area (TPSA) is 142 Å². The summed E-state index contributed by atoms with van der Waals surface area (Å²) >= 11 is 12.2. The first-order valence-corrected chi connectivity index (χ1v) is 14.5. The summed E-state index contributed by atoms with van der Waals surface area (Å²) in [6.07, 6.45) is 2.33. The number of alkyl halides is 2. The summed E-state index contributed by atoms with van der Waals surface area (Å²) in [7, 11) is 1.33. The average Bonchev–Trinajstić information content (AvgIpc) is 3.69. The highest BCUT2D eigenvalue weighted by molar-refractivity contribution is 6.35. The number of nitrogens with two attached hydrogens (primary N) is 1. The van der Waals surface area contributed by atoms with Crippen LogP contribution in [0.3, 0.4) is 0 Å². The molecule has 15 heteroatoms. The average molecular weight is 664 g/mol. The van der Waals surface area contributed by atoms with E-state index in [9.17, 15) is 27.9 Å². The molecule has 4 N–H and O–H groups in total. The third-order valence-corrected chi connectivity index (χ3v) is 8.91. The third kappa shape index (κ3) is 5.22. The first-order valence-electron chi connectivity index (χ1n) is 13.8. The number of hydrogen-bond acceptors (Lipinski definition) is 7. The largest absolute Gasteiger partial charge is 0.494 e. The summed E-state index contributed by atoms with van der Waals surface area (Å²) in [6, 6.07) is 6.88. The third-order valence-electron chi connectivity index (χ3n) is 8.36.